The van der Waals surface area contributed by atoms with E-state index in [9.17, 15) is 0 Å². The van der Waals surface area contributed by atoms with Crippen molar-refractivity contribution in [1.29, 1.82) is 5.26 Å². The van der Waals surface area contributed by atoms with Crippen LogP contribution in [0.2, 0.25) is 0 Å². The van der Waals surface area contributed by atoms with E-state index in [1.54, 1.807) is 12.1 Å². The minimum absolute atomic E-state index is 0.0202. The molecule has 0 aliphatic carbocycles. The van der Waals surface area contributed by atoms with Gasteiger partial charge in [-0.1, -0.05) is 36.4 Å². The Morgan fingerprint density at radius 1 is 1.05 bits per heavy atom. The van der Waals surface area contributed by atoms with Gasteiger partial charge in [0.2, 0.25) is 0 Å². The number of ether oxygens (including phenoxy) is 1. The summed E-state index contributed by atoms with van der Waals surface area (Å²) in [5.41, 5.74) is 1.79. The summed E-state index contributed by atoms with van der Waals surface area (Å²) in [7, 11) is 0. The quantitative estimate of drug-likeness (QED) is 0.819. The molecule has 0 aliphatic rings. The molecule has 0 saturated heterocycles. The molecule has 0 fully saturated rings. The molecule has 2 heteroatoms. The first-order valence-electron chi connectivity index (χ1n) is 6.18. The van der Waals surface area contributed by atoms with Gasteiger partial charge in [0.25, 0.3) is 0 Å². The molecule has 0 aromatic heterocycles. The van der Waals surface area contributed by atoms with Gasteiger partial charge < -0.3 is 4.74 Å². The number of benzene rings is 2. The van der Waals surface area contributed by atoms with Gasteiger partial charge in [-0.05, 0) is 42.8 Å². The van der Waals surface area contributed by atoms with Gasteiger partial charge in [0.1, 0.15) is 11.9 Å². The second-order valence-corrected chi connectivity index (χ2v) is 4.23. The Bertz CT molecular complexity index is 579. The van der Waals surface area contributed by atoms with Crippen LogP contribution in [0, 0.1) is 11.3 Å². The Morgan fingerprint density at radius 3 is 2.37 bits per heavy atom. The van der Waals surface area contributed by atoms with E-state index >= 15 is 0 Å². The van der Waals surface area contributed by atoms with Crippen molar-refractivity contribution in [2.75, 3.05) is 0 Å². The summed E-state index contributed by atoms with van der Waals surface area (Å²) in [6.07, 6.45) is 4.02. The van der Waals surface area contributed by atoms with Crippen LogP contribution in [0.4, 0.5) is 0 Å². The highest BCUT2D eigenvalue weighted by Gasteiger charge is 1.99. The SMILES string of the molecule is CC(/C=C/c1ccccc1)Oc1ccc(C#N)cc1. The van der Waals surface area contributed by atoms with Crippen LogP contribution >= 0.6 is 0 Å². The molecule has 1 atom stereocenters. The maximum absolute atomic E-state index is 8.72. The normalized spacial score (nSPS) is 12.0. The van der Waals surface area contributed by atoms with Crippen LogP contribution < -0.4 is 4.74 Å². The first-order valence-corrected chi connectivity index (χ1v) is 6.18. The fourth-order valence-corrected chi connectivity index (χ4v) is 1.67. The molecule has 2 aromatic rings. The molecule has 1 unspecified atom stereocenters. The van der Waals surface area contributed by atoms with Gasteiger partial charge in [0.05, 0.1) is 11.6 Å². The number of nitriles is 1. The molecule has 0 radical (unpaired) electrons. The average molecular weight is 249 g/mol. The molecule has 0 amide bonds. The average Bonchev–Trinajstić information content (AvgIpc) is 2.47. The molecule has 0 aliphatic heterocycles. The van der Waals surface area contributed by atoms with Gasteiger partial charge in [-0.2, -0.15) is 5.26 Å². The van der Waals surface area contributed by atoms with Crippen molar-refractivity contribution in [3.8, 4) is 11.8 Å². The minimum atomic E-state index is -0.0202. The summed E-state index contributed by atoms with van der Waals surface area (Å²) in [5, 5.41) is 8.72. The third-order valence-corrected chi connectivity index (χ3v) is 2.66. The van der Waals surface area contributed by atoms with E-state index in [4.69, 9.17) is 10.00 Å². The fraction of sp³-hybridized carbons (Fsp3) is 0.118. The van der Waals surface area contributed by atoms with Gasteiger partial charge >= 0.3 is 0 Å². The highest BCUT2D eigenvalue weighted by atomic mass is 16.5. The van der Waals surface area contributed by atoms with Crippen LogP contribution in [-0.2, 0) is 0 Å². The van der Waals surface area contributed by atoms with E-state index in [0.717, 1.165) is 11.3 Å². The maximum atomic E-state index is 8.72. The Balaban J connectivity index is 1.95. The van der Waals surface area contributed by atoms with Crippen molar-refractivity contribution in [1.82, 2.24) is 0 Å². The summed E-state index contributed by atoms with van der Waals surface area (Å²) in [6.45, 7) is 1.98. The van der Waals surface area contributed by atoms with E-state index in [-0.39, 0.29) is 6.10 Å². The molecular formula is C17H15NO. The lowest BCUT2D eigenvalue weighted by molar-refractivity contribution is 0.270. The van der Waals surface area contributed by atoms with E-state index in [1.165, 1.54) is 0 Å². The Morgan fingerprint density at radius 2 is 1.74 bits per heavy atom. The molecular weight excluding hydrogens is 234 g/mol. The summed E-state index contributed by atoms with van der Waals surface area (Å²) in [5.74, 6) is 0.768. The predicted molar refractivity (Wildman–Crippen MR) is 76.7 cm³/mol. The van der Waals surface area contributed by atoms with Gasteiger partial charge in [0.15, 0.2) is 0 Å². The maximum Gasteiger partial charge on any atom is 0.120 e. The lowest BCUT2D eigenvalue weighted by atomic mass is 10.2. The first-order chi connectivity index (χ1) is 9.28. The summed E-state index contributed by atoms with van der Waals surface area (Å²) >= 11 is 0. The molecule has 19 heavy (non-hydrogen) atoms. The van der Waals surface area contributed by atoms with Crippen LogP contribution in [0.15, 0.2) is 60.7 Å². The standard InChI is InChI=1S/C17H15NO/c1-14(7-8-15-5-3-2-4-6-15)19-17-11-9-16(13-18)10-12-17/h2-12,14H,1H3/b8-7+. The molecule has 2 aromatic carbocycles. The van der Waals surface area contributed by atoms with Gasteiger partial charge in [-0.25, -0.2) is 0 Å². The third kappa shape index (κ3) is 4.01. The topological polar surface area (TPSA) is 33.0 Å². The van der Waals surface area contributed by atoms with Crippen molar-refractivity contribution in [3.05, 3.63) is 71.8 Å². The molecule has 2 nitrogen and oxygen atoms in total. The Hall–Kier alpha value is -2.53. The predicted octanol–water partition coefficient (Wildman–Crippen LogP) is 4.04. The molecule has 2 rings (SSSR count). The van der Waals surface area contributed by atoms with Gasteiger partial charge in [-0.3, -0.25) is 0 Å². The second kappa shape index (κ2) is 6.42. The van der Waals surface area contributed by atoms with Gasteiger partial charge in [0, 0.05) is 0 Å². The van der Waals surface area contributed by atoms with Crippen LogP contribution in [0.1, 0.15) is 18.1 Å². The van der Waals surface area contributed by atoms with Crippen LogP contribution in [0.5, 0.6) is 5.75 Å². The lowest BCUT2D eigenvalue weighted by Crippen LogP contribution is -2.07. The molecule has 94 valence electrons. The van der Waals surface area contributed by atoms with Crippen LogP contribution in [-0.4, -0.2) is 6.10 Å². The number of rotatable bonds is 4. The number of nitrogens with zero attached hydrogens (tertiary/aromatic N) is 1. The van der Waals surface area contributed by atoms with Crippen molar-refractivity contribution >= 4 is 6.08 Å². The monoisotopic (exact) mass is 249 g/mol. The van der Waals surface area contributed by atoms with Gasteiger partial charge in [-0.15, -0.1) is 0 Å². The van der Waals surface area contributed by atoms with E-state index in [0.29, 0.717) is 5.56 Å². The Kier molecular flexibility index (Phi) is 4.36. The Labute approximate surface area is 113 Å². The number of hydrogen-bond donors (Lipinski definition) is 0. The number of hydrogen-bond acceptors (Lipinski definition) is 2. The van der Waals surface area contributed by atoms with Crippen LogP contribution in [0.3, 0.4) is 0 Å². The summed E-state index contributed by atoms with van der Waals surface area (Å²) < 4.78 is 5.74. The highest BCUT2D eigenvalue weighted by molar-refractivity contribution is 5.49. The van der Waals surface area contributed by atoms with E-state index in [2.05, 4.69) is 6.07 Å². The van der Waals surface area contributed by atoms with E-state index in [1.807, 2.05) is 61.5 Å². The zero-order valence-corrected chi connectivity index (χ0v) is 10.8. The second-order valence-electron chi connectivity index (χ2n) is 4.23. The zero-order valence-electron chi connectivity index (χ0n) is 10.8. The molecule has 0 saturated carbocycles. The van der Waals surface area contributed by atoms with Crippen molar-refractivity contribution < 1.29 is 4.74 Å². The molecule has 0 spiro atoms. The third-order valence-electron chi connectivity index (χ3n) is 2.66. The largest absolute Gasteiger partial charge is 0.487 e. The fourth-order valence-electron chi connectivity index (χ4n) is 1.67. The summed E-state index contributed by atoms with van der Waals surface area (Å²) in [4.78, 5) is 0. The van der Waals surface area contributed by atoms with Crippen LogP contribution in [0.25, 0.3) is 6.08 Å². The van der Waals surface area contributed by atoms with Crippen molar-refractivity contribution in [3.63, 3.8) is 0 Å². The molecule has 0 heterocycles. The minimum Gasteiger partial charge on any atom is -0.487 e. The molecule has 0 bridgehead atoms. The van der Waals surface area contributed by atoms with Crippen molar-refractivity contribution in [2.45, 2.75) is 13.0 Å². The van der Waals surface area contributed by atoms with E-state index < -0.39 is 0 Å². The molecule has 0 N–H and O–H groups in total. The highest BCUT2D eigenvalue weighted by Crippen LogP contribution is 2.14. The van der Waals surface area contributed by atoms with Crippen molar-refractivity contribution in [2.24, 2.45) is 0 Å². The lowest BCUT2D eigenvalue weighted by Gasteiger charge is -2.10. The zero-order chi connectivity index (χ0) is 13.5. The summed E-state index contributed by atoms with van der Waals surface area (Å²) in [6, 6.07) is 19.3. The smallest absolute Gasteiger partial charge is 0.120 e. The first kappa shape index (κ1) is 12.9.